The third kappa shape index (κ3) is 2.98. The second kappa shape index (κ2) is 6.04. The van der Waals surface area contributed by atoms with Crippen LogP contribution < -0.4 is 10.2 Å². The number of nitrogens with one attached hydrogen (secondary N) is 1. The van der Waals surface area contributed by atoms with Crippen molar-refractivity contribution < 1.29 is 4.79 Å². The molecule has 0 aromatic carbocycles. The van der Waals surface area contributed by atoms with E-state index in [0.717, 1.165) is 5.82 Å². The summed E-state index contributed by atoms with van der Waals surface area (Å²) in [6.07, 6.45) is 5.04. The van der Waals surface area contributed by atoms with Crippen LogP contribution >= 0.6 is 0 Å². The first-order valence-corrected chi connectivity index (χ1v) is 7.36. The van der Waals surface area contributed by atoms with Crippen LogP contribution in [0.4, 0.5) is 11.6 Å². The molecular weight excluding hydrogens is 292 g/mol. The molecule has 7 nitrogen and oxygen atoms in total. The van der Waals surface area contributed by atoms with Gasteiger partial charge in [-0.25, -0.2) is 14.5 Å². The van der Waals surface area contributed by atoms with E-state index in [0.29, 0.717) is 17.0 Å². The fraction of sp³-hybridized carbons (Fsp3) is 0.250. The Morgan fingerprint density at radius 1 is 1.26 bits per heavy atom. The Morgan fingerprint density at radius 2 is 2.09 bits per heavy atom. The number of fused-ring (bicyclic) bond motifs is 1. The Hall–Kier alpha value is -2.96. The molecule has 3 rings (SSSR count). The first kappa shape index (κ1) is 15.0. The number of aromatic nitrogens is 4. The van der Waals surface area contributed by atoms with Crippen molar-refractivity contribution in [1.29, 1.82) is 0 Å². The predicted molar refractivity (Wildman–Crippen MR) is 87.9 cm³/mol. The van der Waals surface area contributed by atoms with E-state index in [9.17, 15) is 4.79 Å². The van der Waals surface area contributed by atoms with E-state index in [1.165, 1.54) is 6.20 Å². The normalized spacial score (nSPS) is 11.0. The first-order chi connectivity index (χ1) is 11.1. The largest absolute Gasteiger partial charge is 0.350 e. The molecule has 1 amide bonds. The molecular formula is C16H18N6O. The summed E-state index contributed by atoms with van der Waals surface area (Å²) < 4.78 is 1.59. The Labute approximate surface area is 134 Å². The van der Waals surface area contributed by atoms with Crippen molar-refractivity contribution in [2.24, 2.45) is 0 Å². The van der Waals surface area contributed by atoms with Crippen LogP contribution in [0, 0.1) is 0 Å². The second-order valence-corrected chi connectivity index (χ2v) is 5.49. The molecule has 3 aromatic rings. The van der Waals surface area contributed by atoms with E-state index in [1.807, 2.05) is 50.1 Å². The van der Waals surface area contributed by atoms with Gasteiger partial charge in [-0.05, 0) is 32.0 Å². The second-order valence-electron chi connectivity index (χ2n) is 5.49. The van der Waals surface area contributed by atoms with Gasteiger partial charge in [-0.3, -0.25) is 4.79 Å². The molecule has 0 unspecified atom stereocenters. The maximum absolute atomic E-state index is 12.3. The maximum Gasteiger partial charge on any atom is 0.256 e. The number of nitrogens with zero attached hydrogens (tertiary/aromatic N) is 5. The lowest BCUT2D eigenvalue weighted by Crippen LogP contribution is -2.30. The number of rotatable bonds is 4. The SMILES string of the molecule is CC(C)NC(=O)c1cnn2ccc(N(C)c3ccccn3)nc12. The molecule has 0 aliphatic heterocycles. The number of carbonyl (C=O) groups is 1. The lowest BCUT2D eigenvalue weighted by Gasteiger charge is -2.17. The van der Waals surface area contributed by atoms with Crippen LogP contribution in [-0.2, 0) is 0 Å². The smallest absolute Gasteiger partial charge is 0.256 e. The molecule has 0 saturated heterocycles. The van der Waals surface area contributed by atoms with Crippen molar-refractivity contribution in [2.75, 3.05) is 11.9 Å². The van der Waals surface area contributed by atoms with Gasteiger partial charge in [-0.1, -0.05) is 6.07 Å². The number of amides is 1. The van der Waals surface area contributed by atoms with Gasteiger partial charge in [0.2, 0.25) is 0 Å². The molecule has 0 radical (unpaired) electrons. The zero-order valence-corrected chi connectivity index (χ0v) is 13.3. The molecule has 0 aliphatic carbocycles. The zero-order chi connectivity index (χ0) is 16.4. The average Bonchev–Trinajstić information content (AvgIpc) is 2.97. The van der Waals surface area contributed by atoms with Crippen LogP contribution in [0.25, 0.3) is 5.65 Å². The van der Waals surface area contributed by atoms with Crippen LogP contribution in [0.2, 0.25) is 0 Å². The minimum absolute atomic E-state index is 0.0526. The standard InChI is InChI=1S/C16H18N6O/c1-11(2)19-16(23)12-10-18-22-9-7-14(20-15(12)22)21(3)13-6-4-5-8-17-13/h4-11H,1-3H3,(H,19,23). The molecule has 0 atom stereocenters. The summed E-state index contributed by atoms with van der Waals surface area (Å²) >= 11 is 0. The number of pyridine rings is 1. The lowest BCUT2D eigenvalue weighted by molar-refractivity contribution is 0.0944. The first-order valence-electron chi connectivity index (χ1n) is 7.36. The van der Waals surface area contributed by atoms with Gasteiger partial charge in [0.05, 0.1) is 6.20 Å². The molecule has 7 heteroatoms. The van der Waals surface area contributed by atoms with Gasteiger partial charge in [0.15, 0.2) is 5.65 Å². The molecule has 0 spiro atoms. The number of hydrogen-bond donors (Lipinski definition) is 1. The minimum atomic E-state index is -0.180. The van der Waals surface area contributed by atoms with Gasteiger partial charge in [0.1, 0.15) is 17.2 Å². The Balaban J connectivity index is 1.99. The monoisotopic (exact) mass is 310 g/mol. The fourth-order valence-electron chi connectivity index (χ4n) is 2.22. The van der Waals surface area contributed by atoms with Gasteiger partial charge >= 0.3 is 0 Å². The predicted octanol–water partition coefficient (Wildman–Crippen LogP) is 2.03. The Bertz CT molecular complexity index is 827. The highest BCUT2D eigenvalue weighted by Crippen LogP contribution is 2.20. The number of anilines is 2. The van der Waals surface area contributed by atoms with E-state index >= 15 is 0 Å². The summed E-state index contributed by atoms with van der Waals surface area (Å²) in [5.41, 5.74) is 0.971. The lowest BCUT2D eigenvalue weighted by atomic mass is 10.3. The third-order valence-corrected chi connectivity index (χ3v) is 3.36. The van der Waals surface area contributed by atoms with Crippen LogP contribution in [0.1, 0.15) is 24.2 Å². The van der Waals surface area contributed by atoms with Gasteiger partial charge in [0, 0.05) is 25.5 Å². The van der Waals surface area contributed by atoms with Crippen molar-refractivity contribution in [3.63, 3.8) is 0 Å². The van der Waals surface area contributed by atoms with E-state index in [2.05, 4.69) is 20.4 Å². The maximum atomic E-state index is 12.3. The fourth-order valence-corrected chi connectivity index (χ4v) is 2.22. The highest BCUT2D eigenvalue weighted by molar-refractivity contribution is 5.99. The van der Waals surface area contributed by atoms with Gasteiger partial charge in [0.25, 0.3) is 5.91 Å². The molecule has 0 saturated carbocycles. The van der Waals surface area contributed by atoms with Crippen molar-refractivity contribution >= 4 is 23.2 Å². The summed E-state index contributed by atoms with van der Waals surface area (Å²) in [6, 6.07) is 7.56. The van der Waals surface area contributed by atoms with Gasteiger partial charge in [-0.2, -0.15) is 5.10 Å². The van der Waals surface area contributed by atoms with Crippen molar-refractivity contribution in [3.8, 4) is 0 Å². The number of hydrogen-bond acceptors (Lipinski definition) is 5. The molecule has 1 N–H and O–H groups in total. The Morgan fingerprint density at radius 3 is 2.78 bits per heavy atom. The van der Waals surface area contributed by atoms with E-state index in [1.54, 1.807) is 16.9 Å². The summed E-state index contributed by atoms with van der Waals surface area (Å²) in [5, 5.41) is 7.04. The van der Waals surface area contributed by atoms with E-state index in [4.69, 9.17) is 0 Å². The van der Waals surface area contributed by atoms with Gasteiger partial charge < -0.3 is 10.2 Å². The molecule has 0 fully saturated rings. The Kier molecular flexibility index (Phi) is 3.92. The van der Waals surface area contributed by atoms with Crippen LogP contribution in [0.3, 0.4) is 0 Å². The average molecular weight is 310 g/mol. The van der Waals surface area contributed by atoms with Crippen LogP contribution in [0.15, 0.2) is 42.9 Å². The van der Waals surface area contributed by atoms with Crippen LogP contribution in [0.5, 0.6) is 0 Å². The molecule has 118 valence electrons. The quantitative estimate of drug-likeness (QED) is 0.798. The summed E-state index contributed by atoms with van der Waals surface area (Å²) in [6.45, 7) is 3.83. The van der Waals surface area contributed by atoms with E-state index < -0.39 is 0 Å². The third-order valence-electron chi connectivity index (χ3n) is 3.36. The molecule has 0 bridgehead atoms. The van der Waals surface area contributed by atoms with E-state index in [-0.39, 0.29) is 11.9 Å². The molecule has 3 heterocycles. The number of carbonyl (C=O) groups excluding carboxylic acids is 1. The molecule has 0 aliphatic rings. The van der Waals surface area contributed by atoms with Crippen molar-refractivity contribution in [1.82, 2.24) is 24.9 Å². The summed E-state index contributed by atoms with van der Waals surface area (Å²) in [7, 11) is 1.88. The molecule has 3 aromatic heterocycles. The zero-order valence-electron chi connectivity index (χ0n) is 13.3. The molecule has 23 heavy (non-hydrogen) atoms. The van der Waals surface area contributed by atoms with Crippen molar-refractivity contribution in [3.05, 3.63) is 48.4 Å². The van der Waals surface area contributed by atoms with Crippen LogP contribution in [-0.4, -0.2) is 38.6 Å². The van der Waals surface area contributed by atoms with Gasteiger partial charge in [-0.15, -0.1) is 0 Å². The minimum Gasteiger partial charge on any atom is -0.350 e. The summed E-state index contributed by atoms with van der Waals surface area (Å²) in [5.74, 6) is 1.28. The van der Waals surface area contributed by atoms with Crippen molar-refractivity contribution in [2.45, 2.75) is 19.9 Å². The highest BCUT2D eigenvalue weighted by atomic mass is 16.1. The topological polar surface area (TPSA) is 75.4 Å². The highest BCUT2D eigenvalue weighted by Gasteiger charge is 2.16. The summed E-state index contributed by atoms with van der Waals surface area (Å²) in [4.78, 5) is 23.0.